The minimum Gasteiger partial charge on any atom is -0.444 e. The molecule has 0 aromatic rings. The van der Waals surface area contributed by atoms with Crippen LogP contribution in [-0.4, -0.2) is 35.7 Å². The molecule has 0 bridgehead atoms. The van der Waals surface area contributed by atoms with Gasteiger partial charge in [0.15, 0.2) is 0 Å². The van der Waals surface area contributed by atoms with Crippen LogP contribution in [0.25, 0.3) is 0 Å². The zero-order valence-electron chi connectivity index (χ0n) is 10.1. The number of carbonyl (C=O) groups is 1. The second kappa shape index (κ2) is 4.39. The largest absolute Gasteiger partial charge is 0.444 e. The van der Waals surface area contributed by atoms with E-state index in [9.17, 15) is 4.79 Å². The Balaban J connectivity index is 2.48. The number of ether oxygens (including phenoxy) is 1. The molecule has 0 aromatic carbocycles. The number of hydrogen-bond donors (Lipinski definition) is 1. The van der Waals surface area contributed by atoms with Gasteiger partial charge < -0.3 is 15.4 Å². The second-order valence-corrected chi connectivity index (χ2v) is 5.36. The summed E-state index contributed by atoms with van der Waals surface area (Å²) in [6.07, 6.45) is 0.640. The number of carbonyl (C=O) groups excluding carboxylic acids is 1. The first-order valence-electron chi connectivity index (χ1n) is 5.53. The predicted molar refractivity (Wildman–Crippen MR) is 59.6 cm³/mol. The van der Waals surface area contributed by atoms with Gasteiger partial charge in [-0.3, -0.25) is 0 Å². The number of amides is 1. The lowest BCUT2D eigenvalue weighted by Crippen LogP contribution is -2.49. The smallest absolute Gasteiger partial charge is 0.410 e. The fourth-order valence-electron chi connectivity index (χ4n) is 1.66. The molecule has 0 unspecified atom stereocenters. The van der Waals surface area contributed by atoms with Gasteiger partial charge in [-0.1, -0.05) is 6.92 Å². The Morgan fingerprint density at radius 1 is 1.47 bits per heavy atom. The van der Waals surface area contributed by atoms with Crippen LogP contribution in [0.1, 0.15) is 34.1 Å². The molecule has 0 saturated carbocycles. The van der Waals surface area contributed by atoms with Crippen LogP contribution in [0.4, 0.5) is 4.79 Å². The zero-order chi connectivity index (χ0) is 11.6. The Morgan fingerprint density at radius 3 is 2.53 bits per heavy atom. The van der Waals surface area contributed by atoms with E-state index in [2.05, 4.69) is 6.92 Å². The quantitative estimate of drug-likeness (QED) is 0.666. The molecule has 1 saturated heterocycles. The molecule has 2 N–H and O–H groups in total. The standard InChI is InChI=1S/C11H22N2O2/c1-8-7-13(6-5-9(8)12)10(14)15-11(2,3)4/h8-9H,5-7,12H2,1-4H3/t8-,9+/m1/s1. The Bertz CT molecular complexity index is 235. The van der Waals surface area contributed by atoms with Crippen molar-refractivity contribution in [2.45, 2.75) is 45.8 Å². The molecule has 4 heteroatoms. The fraction of sp³-hybridized carbons (Fsp3) is 0.909. The first-order chi connectivity index (χ1) is 6.79. The molecule has 4 nitrogen and oxygen atoms in total. The van der Waals surface area contributed by atoms with Gasteiger partial charge in [0.2, 0.25) is 0 Å². The molecule has 1 amide bonds. The van der Waals surface area contributed by atoms with Crippen molar-refractivity contribution in [3.8, 4) is 0 Å². The van der Waals surface area contributed by atoms with E-state index in [1.807, 2.05) is 20.8 Å². The lowest BCUT2D eigenvalue weighted by Gasteiger charge is -2.35. The molecule has 1 heterocycles. The summed E-state index contributed by atoms with van der Waals surface area (Å²) in [7, 11) is 0. The van der Waals surface area contributed by atoms with E-state index in [0.717, 1.165) is 6.42 Å². The maximum atomic E-state index is 11.7. The highest BCUT2D eigenvalue weighted by molar-refractivity contribution is 5.68. The van der Waals surface area contributed by atoms with Crippen LogP contribution in [0.5, 0.6) is 0 Å². The van der Waals surface area contributed by atoms with Gasteiger partial charge in [-0.2, -0.15) is 0 Å². The maximum absolute atomic E-state index is 11.7. The topological polar surface area (TPSA) is 55.6 Å². The highest BCUT2D eigenvalue weighted by Gasteiger charge is 2.29. The van der Waals surface area contributed by atoms with Crippen molar-refractivity contribution in [2.24, 2.45) is 11.7 Å². The molecular weight excluding hydrogens is 192 g/mol. The van der Waals surface area contributed by atoms with Crippen molar-refractivity contribution in [3.63, 3.8) is 0 Å². The summed E-state index contributed by atoms with van der Waals surface area (Å²) in [5.74, 6) is 0.353. The molecule has 2 atom stereocenters. The van der Waals surface area contributed by atoms with Crippen LogP contribution in [0.2, 0.25) is 0 Å². The number of nitrogens with two attached hydrogens (primary N) is 1. The average Bonchev–Trinajstić information content (AvgIpc) is 2.06. The Kier molecular flexibility index (Phi) is 3.60. The molecule has 1 fully saturated rings. The molecule has 0 aromatic heterocycles. The highest BCUT2D eigenvalue weighted by Crippen LogP contribution is 2.17. The van der Waals surface area contributed by atoms with Gasteiger partial charge in [-0.05, 0) is 33.1 Å². The van der Waals surface area contributed by atoms with Crippen LogP contribution >= 0.6 is 0 Å². The summed E-state index contributed by atoms with van der Waals surface area (Å²) >= 11 is 0. The highest BCUT2D eigenvalue weighted by atomic mass is 16.6. The van der Waals surface area contributed by atoms with Crippen LogP contribution < -0.4 is 5.73 Å². The molecule has 0 aliphatic carbocycles. The van der Waals surface area contributed by atoms with E-state index in [-0.39, 0.29) is 12.1 Å². The Labute approximate surface area is 91.8 Å². The van der Waals surface area contributed by atoms with Crippen molar-refractivity contribution < 1.29 is 9.53 Å². The fourth-order valence-corrected chi connectivity index (χ4v) is 1.66. The van der Waals surface area contributed by atoms with Crippen LogP contribution in [0, 0.1) is 5.92 Å². The summed E-state index contributed by atoms with van der Waals surface area (Å²) in [5, 5.41) is 0. The summed E-state index contributed by atoms with van der Waals surface area (Å²) in [5.41, 5.74) is 5.47. The molecule has 1 aliphatic heterocycles. The van der Waals surface area contributed by atoms with E-state index in [1.165, 1.54) is 0 Å². The maximum Gasteiger partial charge on any atom is 0.410 e. The number of rotatable bonds is 0. The normalized spacial score (nSPS) is 27.7. The number of piperidine rings is 1. The van der Waals surface area contributed by atoms with Crippen molar-refractivity contribution in [1.29, 1.82) is 0 Å². The summed E-state index contributed by atoms with van der Waals surface area (Å²) in [6.45, 7) is 9.12. The van der Waals surface area contributed by atoms with Crippen LogP contribution in [-0.2, 0) is 4.74 Å². The van der Waals surface area contributed by atoms with Gasteiger partial charge in [-0.15, -0.1) is 0 Å². The van der Waals surface area contributed by atoms with Gasteiger partial charge in [0.05, 0.1) is 0 Å². The second-order valence-electron chi connectivity index (χ2n) is 5.36. The molecule has 15 heavy (non-hydrogen) atoms. The van der Waals surface area contributed by atoms with Gasteiger partial charge in [0.1, 0.15) is 5.60 Å². The third kappa shape index (κ3) is 3.70. The SMILES string of the molecule is C[C@@H]1CN(C(=O)OC(C)(C)C)CC[C@@H]1N. The number of hydrogen-bond acceptors (Lipinski definition) is 3. The first-order valence-corrected chi connectivity index (χ1v) is 5.53. The Morgan fingerprint density at radius 2 is 2.07 bits per heavy atom. The van der Waals surface area contributed by atoms with Crippen molar-refractivity contribution in [3.05, 3.63) is 0 Å². The summed E-state index contributed by atoms with van der Waals surface area (Å²) in [6, 6.07) is 0.212. The third-order valence-corrected chi connectivity index (χ3v) is 2.62. The average molecular weight is 214 g/mol. The third-order valence-electron chi connectivity index (χ3n) is 2.62. The van der Waals surface area contributed by atoms with E-state index < -0.39 is 5.60 Å². The van der Waals surface area contributed by atoms with Crippen molar-refractivity contribution >= 4 is 6.09 Å². The molecule has 0 spiro atoms. The minimum absolute atomic E-state index is 0.212. The van der Waals surface area contributed by atoms with Crippen LogP contribution in [0.3, 0.4) is 0 Å². The molecule has 0 radical (unpaired) electrons. The molecule has 1 rings (SSSR count). The van der Waals surface area contributed by atoms with Crippen LogP contribution in [0.15, 0.2) is 0 Å². The van der Waals surface area contributed by atoms with E-state index in [1.54, 1.807) is 4.90 Å². The summed E-state index contributed by atoms with van der Waals surface area (Å²) < 4.78 is 5.31. The van der Waals surface area contributed by atoms with Gasteiger partial charge >= 0.3 is 6.09 Å². The number of nitrogens with zero attached hydrogens (tertiary/aromatic N) is 1. The molecular formula is C11H22N2O2. The van der Waals surface area contributed by atoms with Crippen molar-refractivity contribution in [2.75, 3.05) is 13.1 Å². The van der Waals surface area contributed by atoms with E-state index in [0.29, 0.717) is 19.0 Å². The van der Waals surface area contributed by atoms with Gasteiger partial charge in [0.25, 0.3) is 0 Å². The van der Waals surface area contributed by atoms with Gasteiger partial charge in [-0.25, -0.2) is 4.79 Å². The zero-order valence-corrected chi connectivity index (χ0v) is 10.1. The monoisotopic (exact) mass is 214 g/mol. The molecule has 1 aliphatic rings. The van der Waals surface area contributed by atoms with Crippen molar-refractivity contribution in [1.82, 2.24) is 4.90 Å². The first kappa shape index (κ1) is 12.3. The van der Waals surface area contributed by atoms with E-state index in [4.69, 9.17) is 10.5 Å². The lowest BCUT2D eigenvalue weighted by molar-refractivity contribution is 0.0158. The van der Waals surface area contributed by atoms with E-state index >= 15 is 0 Å². The predicted octanol–water partition coefficient (Wildman–Crippen LogP) is 1.59. The lowest BCUT2D eigenvalue weighted by atomic mass is 9.95. The summed E-state index contributed by atoms with van der Waals surface area (Å²) in [4.78, 5) is 13.5. The number of likely N-dealkylation sites (tertiary alicyclic amines) is 1. The van der Waals surface area contributed by atoms with Gasteiger partial charge in [0, 0.05) is 19.1 Å². The Hall–Kier alpha value is -0.770. The molecule has 88 valence electrons. The minimum atomic E-state index is -0.417.